The van der Waals surface area contributed by atoms with E-state index in [4.69, 9.17) is 0 Å². The first-order valence-corrected chi connectivity index (χ1v) is 4.20. The zero-order valence-electron chi connectivity index (χ0n) is 8.78. The van der Waals surface area contributed by atoms with Crippen LogP contribution in [-0.2, 0) is 32.7 Å². The van der Waals surface area contributed by atoms with E-state index >= 15 is 0 Å². The fourth-order valence-electron chi connectivity index (χ4n) is 0.650. The van der Waals surface area contributed by atoms with Crippen molar-refractivity contribution in [1.82, 2.24) is 20.2 Å². The topological polar surface area (TPSA) is 54.5 Å². The van der Waals surface area contributed by atoms with Gasteiger partial charge in [-0.3, -0.25) is 0 Å². The van der Waals surface area contributed by atoms with Gasteiger partial charge in [-0.25, -0.2) is 0 Å². The van der Waals surface area contributed by atoms with E-state index in [2.05, 4.69) is 33.4 Å². The maximum atomic E-state index is 3.79. The Morgan fingerprint density at radius 2 is 1.93 bits per heavy atom. The van der Waals surface area contributed by atoms with Crippen LogP contribution in [0.3, 0.4) is 0 Å². The summed E-state index contributed by atoms with van der Waals surface area (Å²) >= 11 is 0. The molecule has 0 aliphatic carbocycles. The molecule has 14 heavy (non-hydrogen) atoms. The van der Waals surface area contributed by atoms with Crippen molar-refractivity contribution in [2.45, 2.75) is 20.8 Å². The summed E-state index contributed by atoms with van der Waals surface area (Å²) in [5.41, 5.74) is 0.727. The maximum absolute atomic E-state index is 3.79. The van der Waals surface area contributed by atoms with Crippen molar-refractivity contribution in [3.63, 3.8) is 0 Å². The fourth-order valence-corrected chi connectivity index (χ4v) is 0.650. The van der Waals surface area contributed by atoms with Gasteiger partial charge < -0.3 is 22.0 Å². The predicted octanol–water partition coefficient (Wildman–Crippen LogP) is 2.02. The number of hydrogen-bond donors (Lipinski definition) is 1. The third kappa shape index (κ3) is 4.77. The van der Waals surface area contributed by atoms with E-state index in [-0.39, 0.29) is 32.7 Å². The molecule has 2 heterocycles. The van der Waals surface area contributed by atoms with Crippen molar-refractivity contribution in [2.75, 3.05) is 0 Å². The molecule has 2 aromatic rings. The Morgan fingerprint density at radius 1 is 1.29 bits per heavy atom. The van der Waals surface area contributed by atoms with Gasteiger partial charge in [0.1, 0.15) is 0 Å². The summed E-state index contributed by atoms with van der Waals surface area (Å²) in [6.45, 7) is 9.00. The molecule has 2 rings (SSSR count). The first-order chi connectivity index (χ1) is 6.47. The number of H-pyrrole nitrogens is 1. The summed E-state index contributed by atoms with van der Waals surface area (Å²) in [5, 5.41) is 7.35. The smallest absolute Gasteiger partial charge is 0.0442 e. The molecule has 0 unspecified atom stereocenters. The Morgan fingerprint density at radius 3 is 2.50 bits per heavy atom. The largest absolute Gasteiger partial charge is 0.373 e. The Kier molecular flexibility index (Phi) is 12.3. The van der Waals surface area contributed by atoms with E-state index in [0.717, 1.165) is 11.0 Å². The zero-order valence-corrected chi connectivity index (χ0v) is 11.6. The molecule has 0 aromatic carbocycles. The minimum absolute atomic E-state index is 0. The van der Waals surface area contributed by atoms with E-state index in [1.807, 2.05) is 13.8 Å². The van der Waals surface area contributed by atoms with Crippen LogP contribution in [0.2, 0.25) is 0 Å². The van der Waals surface area contributed by atoms with Gasteiger partial charge in [0.25, 0.3) is 0 Å². The Hall–Kier alpha value is -0.346. The van der Waals surface area contributed by atoms with Gasteiger partial charge >= 0.3 is 0 Å². The van der Waals surface area contributed by atoms with Crippen LogP contribution >= 0.6 is 0 Å². The van der Waals surface area contributed by atoms with Gasteiger partial charge in [0.15, 0.2) is 0 Å². The van der Waals surface area contributed by atoms with Gasteiger partial charge in [0, 0.05) is 50.9 Å². The fraction of sp³-hybridized carbons (Fsp3) is 0.333. The van der Waals surface area contributed by atoms with E-state index in [9.17, 15) is 0 Å². The average Bonchev–Trinajstić information content (AvgIpc) is 2.71. The molecule has 0 aliphatic rings. The normalized spacial score (nSPS) is 7.43. The molecule has 2 aromatic heterocycles. The van der Waals surface area contributed by atoms with Crippen molar-refractivity contribution >= 4 is 11.0 Å². The van der Waals surface area contributed by atoms with Crippen molar-refractivity contribution in [2.24, 2.45) is 0 Å². The number of nitrogens with zero attached hydrogens (tertiary/aromatic N) is 3. The molecule has 5 heteroatoms. The van der Waals surface area contributed by atoms with E-state index < -0.39 is 0 Å². The summed E-state index contributed by atoms with van der Waals surface area (Å²) in [7, 11) is 0. The molecule has 1 N–H and O–H groups in total. The third-order valence-electron chi connectivity index (χ3n) is 1.07. The number of aromatic nitrogens is 4. The molecule has 0 spiro atoms. The van der Waals surface area contributed by atoms with Gasteiger partial charge in [-0.05, 0) is 0 Å². The predicted molar refractivity (Wildman–Crippen MR) is 52.9 cm³/mol. The Balaban J connectivity index is 0. The molecule has 0 fully saturated rings. The molecule has 4 nitrogen and oxygen atoms in total. The van der Waals surface area contributed by atoms with Crippen LogP contribution in [0.25, 0.3) is 11.0 Å². The van der Waals surface area contributed by atoms with Crippen LogP contribution in [-0.4, -0.2) is 20.2 Å². The molecule has 1 radical (unpaired) electrons. The first kappa shape index (κ1) is 16.1. The third-order valence-corrected chi connectivity index (χ3v) is 1.07. The SMILES string of the molecule is CC.[CH2-]C.[Y].[c-]1ncc2cn[nH]c2n1. The van der Waals surface area contributed by atoms with Gasteiger partial charge in [0.2, 0.25) is 0 Å². The van der Waals surface area contributed by atoms with Gasteiger partial charge in [-0.2, -0.15) is 12.0 Å². The van der Waals surface area contributed by atoms with Crippen LogP contribution in [0.4, 0.5) is 0 Å². The van der Waals surface area contributed by atoms with Gasteiger partial charge in [0.05, 0.1) is 0 Å². The van der Waals surface area contributed by atoms with Crippen LogP contribution in [0.1, 0.15) is 20.8 Å². The minimum atomic E-state index is 0. The van der Waals surface area contributed by atoms with Crippen molar-refractivity contribution in [1.29, 1.82) is 0 Å². The summed E-state index contributed by atoms with van der Waals surface area (Å²) in [6, 6.07) is 0. The number of hydrogen-bond acceptors (Lipinski definition) is 3. The molecular weight excluding hydrogens is 253 g/mol. The van der Waals surface area contributed by atoms with Crippen molar-refractivity contribution in [3.05, 3.63) is 25.6 Å². The molecule has 0 bridgehead atoms. The molecule has 0 aliphatic heterocycles. The number of rotatable bonds is 0. The zero-order chi connectivity index (χ0) is 10.1. The molecule has 0 atom stereocenters. The summed E-state index contributed by atoms with van der Waals surface area (Å²) < 4.78 is 0. The molecule has 0 saturated heterocycles. The summed E-state index contributed by atoms with van der Waals surface area (Å²) in [6.07, 6.45) is 5.78. The summed E-state index contributed by atoms with van der Waals surface area (Å²) in [4.78, 5) is 7.48. The molecular formula is C9H14N4Y-2. The van der Waals surface area contributed by atoms with E-state index in [1.165, 1.54) is 0 Å². The quantitative estimate of drug-likeness (QED) is 0.743. The van der Waals surface area contributed by atoms with Gasteiger partial charge in [-0.1, -0.05) is 25.4 Å². The monoisotopic (exact) mass is 267 g/mol. The van der Waals surface area contributed by atoms with Crippen LogP contribution in [0.5, 0.6) is 0 Å². The van der Waals surface area contributed by atoms with Gasteiger partial charge in [-0.15, -0.1) is 0 Å². The second-order valence-electron chi connectivity index (χ2n) is 1.64. The number of aromatic amines is 1. The Bertz CT molecular complexity index is 291. The van der Waals surface area contributed by atoms with Crippen LogP contribution < -0.4 is 0 Å². The van der Waals surface area contributed by atoms with Crippen molar-refractivity contribution in [3.8, 4) is 0 Å². The molecule has 0 saturated carbocycles. The van der Waals surface area contributed by atoms with Crippen molar-refractivity contribution < 1.29 is 32.7 Å². The number of nitrogens with one attached hydrogen (secondary N) is 1. The average molecular weight is 267 g/mol. The second kappa shape index (κ2) is 10.7. The van der Waals surface area contributed by atoms with E-state index in [0.29, 0.717) is 0 Å². The minimum Gasteiger partial charge on any atom is -0.373 e. The van der Waals surface area contributed by atoms with E-state index in [1.54, 1.807) is 19.3 Å². The molecule has 0 amide bonds. The first-order valence-electron chi connectivity index (χ1n) is 4.20. The standard InChI is InChI=1S/C5H3N4.C2H6.C2H5.Y/c1-4-2-8-9-5(4)7-3-6-1;2*1-2;/h1-2H,(H,6,7,8,9);1-2H3;1H2,2H3;/q-1;;-1;. The Labute approximate surface area is 110 Å². The second-order valence-corrected chi connectivity index (χ2v) is 1.64. The van der Waals surface area contributed by atoms with Crippen LogP contribution in [0, 0.1) is 13.3 Å². The summed E-state index contributed by atoms with van der Waals surface area (Å²) in [5.74, 6) is 0. The number of fused-ring (bicyclic) bond motifs is 1. The van der Waals surface area contributed by atoms with Crippen LogP contribution in [0.15, 0.2) is 12.4 Å². The molecule has 75 valence electrons. The maximum Gasteiger partial charge on any atom is 0.0442 e.